The van der Waals surface area contributed by atoms with Crippen LogP contribution in [0.15, 0.2) is 0 Å². The Morgan fingerprint density at radius 3 is 2.05 bits per heavy atom. The summed E-state index contributed by atoms with van der Waals surface area (Å²) in [6.07, 6.45) is 2.20. The number of anilines is 1. The average Bonchev–Trinajstić information content (AvgIpc) is 2.38. The zero-order valence-corrected chi connectivity index (χ0v) is 13.1. The molecule has 0 saturated heterocycles. The molecule has 4 nitrogen and oxygen atoms in total. The molecule has 0 aromatic carbocycles. The Kier molecular flexibility index (Phi) is 6.78. The molecule has 1 aromatic rings. The van der Waals surface area contributed by atoms with E-state index in [0.717, 1.165) is 56.4 Å². The van der Waals surface area contributed by atoms with E-state index >= 15 is 0 Å². The summed E-state index contributed by atoms with van der Waals surface area (Å²) >= 11 is 0. The van der Waals surface area contributed by atoms with Crippen LogP contribution >= 0.6 is 0 Å². The van der Waals surface area contributed by atoms with Crippen LogP contribution in [-0.2, 0) is 6.42 Å². The van der Waals surface area contributed by atoms with Crippen LogP contribution in [-0.4, -0.2) is 36.1 Å². The first-order valence-corrected chi connectivity index (χ1v) is 7.43. The Labute approximate surface area is 117 Å². The van der Waals surface area contributed by atoms with Gasteiger partial charge in [0.1, 0.15) is 0 Å². The number of aromatic nitrogens is 2. The summed E-state index contributed by atoms with van der Waals surface area (Å²) < 4.78 is 0. The van der Waals surface area contributed by atoms with Crippen molar-refractivity contribution in [3.05, 3.63) is 17.0 Å². The lowest BCUT2D eigenvalue weighted by atomic mass is 10.1. The molecular formula is C15H28N4. The van der Waals surface area contributed by atoms with Gasteiger partial charge >= 0.3 is 0 Å². The predicted octanol–water partition coefficient (Wildman–Crippen LogP) is 2.48. The van der Waals surface area contributed by atoms with Crippen molar-refractivity contribution < 1.29 is 0 Å². The summed E-state index contributed by atoms with van der Waals surface area (Å²) in [5.74, 6) is 0.871. The Morgan fingerprint density at radius 1 is 1.00 bits per heavy atom. The fourth-order valence-electron chi connectivity index (χ4n) is 2.30. The van der Waals surface area contributed by atoms with Gasteiger partial charge in [-0.1, -0.05) is 6.92 Å². The molecule has 0 radical (unpaired) electrons. The third kappa shape index (κ3) is 4.46. The van der Waals surface area contributed by atoms with Crippen molar-refractivity contribution in [3.63, 3.8) is 0 Å². The van der Waals surface area contributed by atoms with Gasteiger partial charge in [0.05, 0.1) is 0 Å². The summed E-state index contributed by atoms with van der Waals surface area (Å²) in [6, 6.07) is 0. The molecule has 0 aliphatic heterocycles. The first kappa shape index (κ1) is 15.9. The molecule has 0 aliphatic rings. The number of nitrogens with zero attached hydrogens (tertiary/aromatic N) is 3. The molecule has 0 atom stereocenters. The maximum absolute atomic E-state index is 4.67. The van der Waals surface area contributed by atoms with Crippen LogP contribution < -0.4 is 10.2 Å². The smallest absolute Gasteiger partial charge is 0.225 e. The fraction of sp³-hybridized carbons (Fsp3) is 0.733. The molecular weight excluding hydrogens is 236 g/mol. The Bertz CT molecular complexity index is 363. The van der Waals surface area contributed by atoms with E-state index in [4.69, 9.17) is 0 Å². The maximum Gasteiger partial charge on any atom is 0.225 e. The largest absolute Gasteiger partial charge is 0.341 e. The van der Waals surface area contributed by atoms with Crippen LogP contribution in [0.1, 0.15) is 44.1 Å². The van der Waals surface area contributed by atoms with Crippen molar-refractivity contribution in [2.45, 2.75) is 47.5 Å². The standard InChI is InChI=1S/C15H28N4/c1-6-16-11-9-10-14-12(4)17-15(18-13(14)5)19(7-2)8-3/h16H,6-11H2,1-5H3. The number of hydrogen-bond acceptors (Lipinski definition) is 4. The molecule has 0 saturated carbocycles. The van der Waals surface area contributed by atoms with E-state index in [1.807, 2.05) is 0 Å². The van der Waals surface area contributed by atoms with E-state index in [-0.39, 0.29) is 0 Å². The van der Waals surface area contributed by atoms with E-state index in [0.29, 0.717) is 0 Å². The van der Waals surface area contributed by atoms with Crippen molar-refractivity contribution in [1.82, 2.24) is 15.3 Å². The summed E-state index contributed by atoms with van der Waals surface area (Å²) in [7, 11) is 0. The van der Waals surface area contributed by atoms with E-state index in [1.54, 1.807) is 0 Å². The quantitative estimate of drug-likeness (QED) is 0.732. The van der Waals surface area contributed by atoms with Crippen molar-refractivity contribution >= 4 is 5.95 Å². The third-order valence-corrected chi connectivity index (χ3v) is 3.49. The van der Waals surface area contributed by atoms with Crippen LogP contribution in [0, 0.1) is 13.8 Å². The Balaban J connectivity index is 2.79. The molecule has 1 rings (SSSR count). The molecule has 108 valence electrons. The van der Waals surface area contributed by atoms with Gasteiger partial charge < -0.3 is 10.2 Å². The molecule has 0 spiro atoms. The van der Waals surface area contributed by atoms with Crippen molar-refractivity contribution in [2.24, 2.45) is 0 Å². The highest BCUT2D eigenvalue weighted by molar-refractivity contribution is 5.36. The summed E-state index contributed by atoms with van der Waals surface area (Å²) in [6.45, 7) is 14.6. The molecule has 0 unspecified atom stereocenters. The maximum atomic E-state index is 4.67. The minimum Gasteiger partial charge on any atom is -0.341 e. The summed E-state index contributed by atoms with van der Waals surface area (Å²) in [4.78, 5) is 11.5. The zero-order chi connectivity index (χ0) is 14.3. The summed E-state index contributed by atoms with van der Waals surface area (Å²) in [5.41, 5.74) is 3.57. The van der Waals surface area contributed by atoms with Crippen LogP contribution in [0.4, 0.5) is 5.95 Å². The molecule has 0 bridgehead atoms. The average molecular weight is 264 g/mol. The Morgan fingerprint density at radius 2 is 1.58 bits per heavy atom. The molecule has 0 amide bonds. The normalized spacial score (nSPS) is 10.8. The third-order valence-electron chi connectivity index (χ3n) is 3.49. The van der Waals surface area contributed by atoms with E-state index in [1.165, 1.54) is 5.56 Å². The minimum atomic E-state index is 0.871. The van der Waals surface area contributed by atoms with Crippen molar-refractivity contribution in [1.29, 1.82) is 0 Å². The molecule has 1 heterocycles. The molecule has 0 fully saturated rings. The monoisotopic (exact) mass is 264 g/mol. The van der Waals surface area contributed by atoms with Gasteiger partial charge in [-0.25, -0.2) is 9.97 Å². The van der Waals surface area contributed by atoms with Crippen LogP contribution in [0.5, 0.6) is 0 Å². The predicted molar refractivity (Wildman–Crippen MR) is 81.9 cm³/mol. The fourth-order valence-corrected chi connectivity index (χ4v) is 2.30. The van der Waals surface area contributed by atoms with Gasteiger partial charge in [0, 0.05) is 24.5 Å². The highest BCUT2D eigenvalue weighted by atomic mass is 15.2. The molecule has 4 heteroatoms. The second-order valence-electron chi connectivity index (χ2n) is 4.80. The number of aryl methyl sites for hydroxylation is 2. The lowest BCUT2D eigenvalue weighted by molar-refractivity contribution is 0.666. The second-order valence-corrected chi connectivity index (χ2v) is 4.80. The van der Waals surface area contributed by atoms with Gasteiger partial charge in [-0.3, -0.25) is 0 Å². The van der Waals surface area contributed by atoms with Crippen LogP contribution in [0.2, 0.25) is 0 Å². The van der Waals surface area contributed by atoms with Crippen LogP contribution in [0.3, 0.4) is 0 Å². The van der Waals surface area contributed by atoms with Gasteiger partial charge in [-0.05, 0) is 59.2 Å². The lowest BCUT2D eigenvalue weighted by Gasteiger charge is -2.20. The first-order valence-electron chi connectivity index (χ1n) is 7.43. The molecule has 0 aliphatic carbocycles. The highest BCUT2D eigenvalue weighted by Crippen LogP contribution is 2.16. The summed E-state index contributed by atoms with van der Waals surface area (Å²) in [5, 5.41) is 3.36. The molecule has 1 aromatic heterocycles. The number of hydrogen-bond donors (Lipinski definition) is 1. The van der Waals surface area contributed by atoms with E-state index < -0.39 is 0 Å². The second kappa shape index (κ2) is 8.10. The number of nitrogens with one attached hydrogen (secondary N) is 1. The van der Waals surface area contributed by atoms with Crippen LogP contribution in [0.25, 0.3) is 0 Å². The van der Waals surface area contributed by atoms with Gasteiger partial charge in [-0.15, -0.1) is 0 Å². The highest BCUT2D eigenvalue weighted by Gasteiger charge is 2.11. The van der Waals surface area contributed by atoms with Crippen molar-refractivity contribution in [3.8, 4) is 0 Å². The Hall–Kier alpha value is -1.16. The topological polar surface area (TPSA) is 41.1 Å². The van der Waals surface area contributed by atoms with Gasteiger partial charge in [0.15, 0.2) is 0 Å². The lowest BCUT2D eigenvalue weighted by Crippen LogP contribution is -2.25. The van der Waals surface area contributed by atoms with Crippen molar-refractivity contribution in [2.75, 3.05) is 31.1 Å². The number of rotatable bonds is 8. The molecule has 19 heavy (non-hydrogen) atoms. The zero-order valence-electron chi connectivity index (χ0n) is 13.1. The minimum absolute atomic E-state index is 0.871. The van der Waals surface area contributed by atoms with Gasteiger partial charge in [0.25, 0.3) is 0 Å². The first-order chi connectivity index (χ1) is 9.13. The van der Waals surface area contributed by atoms with E-state index in [2.05, 4.69) is 54.8 Å². The molecule has 1 N–H and O–H groups in total. The van der Waals surface area contributed by atoms with Gasteiger partial charge in [-0.2, -0.15) is 0 Å². The van der Waals surface area contributed by atoms with E-state index in [9.17, 15) is 0 Å². The SMILES string of the molecule is CCNCCCc1c(C)nc(N(CC)CC)nc1C. The van der Waals surface area contributed by atoms with Gasteiger partial charge in [0.2, 0.25) is 5.95 Å².